The molecule has 0 bridgehead atoms. The van der Waals surface area contributed by atoms with E-state index in [2.05, 4.69) is 27.7 Å². The summed E-state index contributed by atoms with van der Waals surface area (Å²) >= 11 is 0. The number of ether oxygens (including phenoxy) is 1. The van der Waals surface area contributed by atoms with Crippen LogP contribution in [0.1, 0.15) is 118 Å². The van der Waals surface area contributed by atoms with E-state index in [1.165, 1.54) is 89.9 Å². The Labute approximate surface area is 135 Å². The van der Waals surface area contributed by atoms with Gasteiger partial charge in [-0.25, -0.2) is 0 Å². The lowest BCUT2D eigenvalue weighted by Crippen LogP contribution is -2.17. The average molecular weight is 299 g/mol. The molecule has 1 nitrogen and oxygen atoms in total. The zero-order valence-electron chi connectivity index (χ0n) is 15.5. The minimum atomic E-state index is 0.450. The zero-order chi connectivity index (χ0) is 15.8. The van der Waals surface area contributed by atoms with E-state index in [0.717, 1.165) is 0 Å². The van der Waals surface area contributed by atoms with Crippen LogP contribution in [0.2, 0.25) is 0 Å². The van der Waals surface area contributed by atoms with E-state index in [-0.39, 0.29) is 0 Å². The molecule has 0 heterocycles. The third-order valence-corrected chi connectivity index (χ3v) is 4.39. The molecule has 0 aromatic rings. The first-order valence-electron chi connectivity index (χ1n) is 9.86. The van der Waals surface area contributed by atoms with Gasteiger partial charge in [0.2, 0.25) is 0 Å². The lowest BCUT2D eigenvalue weighted by Gasteiger charge is -2.19. The van der Waals surface area contributed by atoms with Crippen molar-refractivity contribution in [2.75, 3.05) is 0 Å². The highest BCUT2D eigenvalue weighted by atomic mass is 16.5. The number of unbranched alkanes of at least 4 members (excludes halogenated alkanes) is 10. The van der Waals surface area contributed by atoms with Crippen LogP contribution in [0.25, 0.3) is 0 Å². The molecule has 0 amide bonds. The van der Waals surface area contributed by atoms with Crippen LogP contribution < -0.4 is 0 Å². The fourth-order valence-corrected chi connectivity index (χ4v) is 2.96. The third kappa shape index (κ3) is 16.2. The second-order valence-electron chi connectivity index (χ2n) is 6.87. The van der Waals surface area contributed by atoms with Crippen LogP contribution in [-0.2, 0) is 4.74 Å². The Bertz CT molecular complexity index is 170. The summed E-state index contributed by atoms with van der Waals surface area (Å²) in [6, 6.07) is 0. The molecule has 0 saturated heterocycles. The van der Waals surface area contributed by atoms with Gasteiger partial charge in [0, 0.05) is 0 Å². The van der Waals surface area contributed by atoms with Gasteiger partial charge in [-0.15, -0.1) is 0 Å². The van der Waals surface area contributed by atoms with Gasteiger partial charge < -0.3 is 4.74 Å². The van der Waals surface area contributed by atoms with Gasteiger partial charge in [-0.05, 0) is 26.7 Å². The minimum absolute atomic E-state index is 0.450. The quantitative estimate of drug-likeness (QED) is 0.272. The Hall–Kier alpha value is -0.0400. The molecule has 0 fully saturated rings. The van der Waals surface area contributed by atoms with Crippen molar-refractivity contribution in [3.63, 3.8) is 0 Å². The Morgan fingerprint density at radius 3 is 1.24 bits per heavy atom. The lowest BCUT2D eigenvalue weighted by molar-refractivity contribution is -0.00231. The largest absolute Gasteiger partial charge is 0.376 e. The molecular formula is C20H42O. The molecule has 0 spiro atoms. The first-order valence-corrected chi connectivity index (χ1v) is 9.86. The number of rotatable bonds is 16. The van der Waals surface area contributed by atoms with Crippen molar-refractivity contribution in [1.29, 1.82) is 0 Å². The van der Waals surface area contributed by atoms with Gasteiger partial charge in [-0.1, -0.05) is 90.9 Å². The second-order valence-corrected chi connectivity index (χ2v) is 6.87. The molecule has 2 unspecified atom stereocenters. The molecule has 21 heavy (non-hydrogen) atoms. The first-order chi connectivity index (χ1) is 10.2. The molecule has 0 aliphatic rings. The molecule has 2 atom stereocenters. The minimum Gasteiger partial charge on any atom is -0.376 e. The molecule has 128 valence electrons. The predicted octanol–water partition coefficient (Wildman–Crippen LogP) is 7.28. The van der Waals surface area contributed by atoms with Crippen LogP contribution in [0.4, 0.5) is 0 Å². The Kier molecular flexibility index (Phi) is 16.3. The summed E-state index contributed by atoms with van der Waals surface area (Å²) in [5, 5.41) is 0. The van der Waals surface area contributed by atoms with Gasteiger partial charge in [0.1, 0.15) is 0 Å². The van der Waals surface area contributed by atoms with E-state index in [1.54, 1.807) is 0 Å². The van der Waals surface area contributed by atoms with Crippen LogP contribution in [-0.4, -0.2) is 12.2 Å². The fraction of sp³-hybridized carbons (Fsp3) is 1.00. The van der Waals surface area contributed by atoms with Crippen LogP contribution in [0, 0.1) is 0 Å². The maximum absolute atomic E-state index is 6.11. The van der Waals surface area contributed by atoms with Crippen molar-refractivity contribution < 1.29 is 4.74 Å². The van der Waals surface area contributed by atoms with E-state index in [4.69, 9.17) is 4.74 Å². The average Bonchev–Trinajstić information content (AvgIpc) is 2.46. The molecular weight excluding hydrogens is 256 g/mol. The number of hydrogen-bond donors (Lipinski definition) is 0. The van der Waals surface area contributed by atoms with Gasteiger partial charge in [-0.3, -0.25) is 0 Å². The molecule has 0 aliphatic heterocycles. The van der Waals surface area contributed by atoms with Crippen molar-refractivity contribution in [2.45, 2.75) is 130 Å². The summed E-state index contributed by atoms with van der Waals surface area (Å²) < 4.78 is 6.11. The third-order valence-electron chi connectivity index (χ3n) is 4.39. The van der Waals surface area contributed by atoms with Gasteiger partial charge >= 0.3 is 0 Å². The first kappa shape index (κ1) is 21.0. The Morgan fingerprint density at radius 1 is 0.524 bits per heavy atom. The van der Waals surface area contributed by atoms with Crippen molar-refractivity contribution in [3.05, 3.63) is 0 Å². The summed E-state index contributed by atoms with van der Waals surface area (Å²) in [5.74, 6) is 0. The molecule has 0 N–H and O–H groups in total. The van der Waals surface area contributed by atoms with Crippen LogP contribution in [0.3, 0.4) is 0 Å². The lowest BCUT2D eigenvalue weighted by atomic mass is 10.1. The maximum atomic E-state index is 6.11. The normalized spacial score (nSPS) is 14.3. The van der Waals surface area contributed by atoms with E-state index in [0.29, 0.717) is 12.2 Å². The highest BCUT2D eigenvalue weighted by molar-refractivity contribution is 4.58. The van der Waals surface area contributed by atoms with E-state index < -0.39 is 0 Å². The molecule has 0 saturated carbocycles. The molecule has 0 aromatic heterocycles. The van der Waals surface area contributed by atoms with Crippen LogP contribution in [0.15, 0.2) is 0 Å². The zero-order valence-corrected chi connectivity index (χ0v) is 15.5. The van der Waals surface area contributed by atoms with Crippen molar-refractivity contribution >= 4 is 0 Å². The van der Waals surface area contributed by atoms with E-state index >= 15 is 0 Å². The standard InChI is InChI=1S/C20H42O/c1-5-7-9-11-13-15-17-19(3)21-20(4)18-16-14-12-10-8-6-2/h19-20H,5-18H2,1-4H3. The van der Waals surface area contributed by atoms with Crippen LogP contribution in [0.5, 0.6) is 0 Å². The second kappa shape index (κ2) is 16.3. The molecule has 0 aliphatic carbocycles. The maximum Gasteiger partial charge on any atom is 0.0550 e. The summed E-state index contributed by atoms with van der Waals surface area (Å²) in [6.07, 6.45) is 20.0. The van der Waals surface area contributed by atoms with Crippen molar-refractivity contribution in [3.8, 4) is 0 Å². The molecule has 0 rings (SSSR count). The smallest absolute Gasteiger partial charge is 0.0550 e. The molecule has 0 aromatic carbocycles. The predicted molar refractivity (Wildman–Crippen MR) is 96.0 cm³/mol. The molecule has 1 heteroatoms. The monoisotopic (exact) mass is 298 g/mol. The molecule has 0 radical (unpaired) electrons. The highest BCUT2D eigenvalue weighted by Crippen LogP contribution is 2.15. The van der Waals surface area contributed by atoms with Gasteiger partial charge in [0.15, 0.2) is 0 Å². The summed E-state index contributed by atoms with van der Waals surface area (Å²) in [5.41, 5.74) is 0. The topological polar surface area (TPSA) is 9.23 Å². The SMILES string of the molecule is CCCCCCCCC(C)OC(C)CCCCCCCC. The summed E-state index contributed by atoms with van der Waals surface area (Å²) in [4.78, 5) is 0. The Balaban J connectivity index is 3.33. The van der Waals surface area contributed by atoms with Crippen LogP contribution >= 0.6 is 0 Å². The van der Waals surface area contributed by atoms with Crippen molar-refractivity contribution in [2.24, 2.45) is 0 Å². The van der Waals surface area contributed by atoms with Gasteiger partial charge in [0.05, 0.1) is 12.2 Å². The Morgan fingerprint density at radius 2 is 0.857 bits per heavy atom. The number of hydrogen-bond acceptors (Lipinski definition) is 1. The van der Waals surface area contributed by atoms with Crippen molar-refractivity contribution in [1.82, 2.24) is 0 Å². The van der Waals surface area contributed by atoms with E-state index in [9.17, 15) is 0 Å². The van der Waals surface area contributed by atoms with Gasteiger partial charge in [-0.2, -0.15) is 0 Å². The highest BCUT2D eigenvalue weighted by Gasteiger charge is 2.08. The fourth-order valence-electron chi connectivity index (χ4n) is 2.96. The summed E-state index contributed by atoms with van der Waals surface area (Å²) in [6.45, 7) is 9.07. The summed E-state index contributed by atoms with van der Waals surface area (Å²) in [7, 11) is 0. The van der Waals surface area contributed by atoms with Gasteiger partial charge in [0.25, 0.3) is 0 Å². The van der Waals surface area contributed by atoms with E-state index in [1.807, 2.05) is 0 Å².